The fourth-order valence-corrected chi connectivity index (χ4v) is 1.65. The maximum atomic E-state index is 11.0. The van der Waals surface area contributed by atoms with Crippen molar-refractivity contribution in [3.8, 4) is 0 Å². The monoisotopic (exact) mass is 267 g/mol. The molecule has 1 rings (SSSR count). The molecule has 0 bridgehead atoms. The number of nitro benzene ring substituents is 2. The first-order valence-corrected chi connectivity index (χ1v) is 5.28. The second-order valence-electron chi connectivity index (χ2n) is 3.70. The van der Waals surface area contributed by atoms with Crippen molar-refractivity contribution in [3.05, 3.63) is 50.6 Å². The average Bonchev–Trinajstić information content (AvgIpc) is 2.35. The summed E-state index contributed by atoms with van der Waals surface area (Å²) in [5.41, 5.74) is -0.523. The molecule has 8 heteroatoms. The zero-order valence-electron chi connectivity index (χ0n) is 10.5. The number of hydrogen-bond acceptors (Lipinski definition) is 6. The van der Waals surface area contributed by atoms with Gasteiger partial charge in [-0.1, -0.05) is 6.08 Å². The third-order valence-electron chi connectivity index (χ3n) is 2.37. The molecule has 1 aromatic carbocycles. The highest BCUT2D eigenvalue weighted by Crippen LogP contribution is 2.38. The van der Waals surface area contributed by atoms with E-state index in [1.165, 1.54) is 25.3 Å². The predicted molar refractivity (Wildman–Crippen MR) is 69.0 cm³/mol. The van der Waals surface area contributed by atoms with Crippen LogP contribution in [0.3, 0.4) is 0 Å². The maximum Gasteiger partial charge on any atom is 0.302 e. The molecular formula is C11H13N3O5. The van der Waals surface area contributed by atoms with Gasteiger partial charge in [-0.25, -0.2) is 5.06 Å². The summed E-state index contributed by atoms with van der Waals surface area (Å²) in [6, 6.07) is 2.52. The van der Waals surface area contributed by atoms with Crippen molar-refractivity contribution in [2.24, 2.45) is 0 Å². The van der Waals surface area contributed by atoms with E-state index in [0.29, 0.717) is 5.56 Å². The van der Waals surface area contributed by atoms with E-state index < -0.39 is 9.85 Å². The highest BCUT2D eigenvalue weighted by molar-refractivity contribution is 5.75. The Morgan fingerprint density at radius 1 is 1.32 bits per heavy atom. The number of hydroxylamine groups is 1. The highest BCUT2D eigenvalue weighted by Gasteiger charge is 2.30. The fourth-order valence-electron chi connectivity index (χ4n) is 1.65. The summed E-state index contributed by atoms with van der Waals surface area (Å²) < 4.78 is 0. The normalized spacial score (nSPS) is 10.0. The molecule has 0 unspecified atom stereocenters. The summed E-state index contributed by atoms with van der Waals surface area (Å²) in [6.45, 7) is 5.11. The van der Waals surface area contributed by atoms with Gasteiger partial charge >= 0.3 is 11.4 Å². The molecule has 0 N–H and O–H groups in total. The number of rotatable bonds is 6. The van der Waals surface area contributed by atoms with Gasteiger partial charge < -0.3 is 0 Å². The Hall–Kier alpha value is -2.48. The topological polar surface area (TPSA) is 98.8 Å². The van der Waals surface area contributed by atoms with Crippen LogP contribution < -0.4 is 5.06 Å². The van der Waals surface area contributed by atoms with E-state index >= 15 is 0 Å². The quantitative estimate of drug-likeness (QED) is 0.445. The predicted octanol–water partition coefficient (Wildman–Crippen LogP) is 2.37. The zero-order valence-corrected chi connectivity index (χ0v) is 10.5. The molecule has 0 saturated carbocycles. The molecular weight excluding hydrogens is 254 g/mol. The van der Waals surface area contributed by atoms with Crippen LogP contribution in [-0.4, -0.2) is 23.5 Å². The van der Waals surface area contributed by atoms with Crippen molar-refractivity contribution in [1.29, 1.82) is 0 Å². The molecule has 1 aromatic rings. The average molecular weight is 267 g/mol. The molecule has 8 nitrogen and oxygen atoms in total. The van der Waals surface area contributed by atoms with E-state index in [-0.39, 0.29) is 23.6 Å². The molecule has 0 amide bonds. The first kappa shape index (κ1) is 14.6. The lowest BCUT2D eigenvalue weighted by molar-refractivity contribution is -0.393. The SMILES string of the molecule is C=CCN(OC)c1c([N+](=O)[O-])cc(C)cc1[N+](=O)[O-]. The minimum absolute atomic E-state index is 0.0846. The molecule has 0 radical (unpaired) electrons. The molecule has 0 aliphatic carbocycles. The minimum atomic E-state index is -0.676. The first-order valence-electron chi connectivity index (χ1n) is 5.28. The number of aryl methyl sites for hydroxylation is 1. The lowest BCUT2D eigenvalue weighted by Crippen LogP contribution is -2.23. The molecule has 0 spiro atoms. The van der Waals surface area contributed by atoms with Crippen molar-refractivity contribution < 1.29 is 14.7 Å². The van der Waals surface area contributed by atoms with Gasteiger partial charge in [-0.3, -0.25) is 25.1 Å². The molecule has 0 aliphatic rings. The minimum Gasteiger partial charge on any atom is -0.276 e. The Balaban J connectivity index is 3.59. The molecule has 0 atom stereocenters. The summed E-state index contributed by atoms with van der Waals surface area (Å²) in [6.07, 6.45) is 1.43. The van der Waals surface area contributed by atoms with Gasteiger partial charge in [0.05, 0.1) is 23.5 Å². The second kappa shape index (κ2) is 5.91. The van der Waals surface area contributed by atoms with Gasteiger partial charge in [0, 0.05) is 12.1 Å². The molecule has 102 valence electrons. The molecule has 0 heterocycles. The van der Waals surface area contributed by atoms with Crippen molar-refractivity contribution in [1.82, 2.24) is 0 Å². The largest absolute Gasteiger partial charge is 0.302 e. The van der Waals surface area contributed by atoms with E-state index in [2.05, 4.69) is 6.58 Å². The third-order valence-corrected chi connectivity index (χ3v) is 2.37. The van der Waals surface area contributed by atoms with Crippen LogP contribution in [0.1, 0.15) is 5.56 Å². The van der Waals surface area contributed by atoms with Crippen molar-refractivity contribution in [2.45, 2.75) is 6.92 Å². The van der Waals surface area contributed by atoms with E-state index in [9.17, 15) is 20.2 Å². The van der Waals surface area contributed by atoms with Crippen molar-refractivity contribution >= 4 is 17.1 Å². The number of benzene rings is 1. The van der Waals surface area contributed by atoms with Crippen LogP contribution in [0.25, 0.3) is 0 Å². The van der Waals surface area contributed by atoms with Gasteiger partial charge in [0.15, 0.2) is 0 Å². The van der Waals surface area contributed by atoms with Crippen molar-refractivity contribution in [3.63, 3.8) is 0 Å². The van der Waals surface area contributed by atoms with Crippen LogP contribution in [0.4, 0.5) is 17.1 Å². The summed E-state index contributed by atoms with van der Waals surface area (Å²) in [5.74, 6) is 0. The number of nitrogens with zero attached hydrogens (tertiary/aromatic N) is 3. The van der Waals surface area contributed by atoms with Crippen LogP contribution in [0.5, 0.6) is 0 Å². The summed E-state index contributed by atoms with van der Waals surface area (Å²) in [7, 11) is 1.27. The number of hydrogen-bond donors (Lipinski definition) is 0. The first-order chi connectivity index (χ1) is 8.92. The van der Waals surface area contributed by atoms with E-state index in [1.807, 2.05) is 0 Å². The van der Waals surface area contributed by atoms with Crippen LogP contribution >= 0.6 is 0 Å². The van der Waals surface area contributed by atoms with Gasteiger partial charge in [0.25, 0.3) is 0 Å². The lowest BCUT2D eigenvalue weighted by atomic mass is 10.1. The summed E-state index contributed by atoms with van der Waals surface area (Å²) in [4.78, 5) is 25.7. The van der Waals surface area contributed by atoms with Crippen LogP contribution in [0.15, 0.2) is 24.8 Å². The Bertz CT molecular complexity index is 494. The second-order valence-corrected chi connectivity index (χ2v) is 3.70. The van der Waals surface area contributed by atoms with Gasteiger partial charge in [-0.05, 0) is 12.5 Å². The van der Waals surface area contributed by atoms with Crippen LogP contribution in [0.2, 0.25) is 0 Å². The zero-order chi connectivity index (χ0) is 14.6. The highest BCUT2D eigenvalue weighted by atomic mass is 16.7. The van der Waals surface area contributed by atoms with E-state index in [1.54, 1.807) is 6.92 Å². The smallest absolute Gasteiger partial charge is 0.276 e. The Morgan fingerprint density at radius 3 is 2.11 bits per heavy atom. The fraction of sp³-hybridized carbons (Fsp3) is 0.273. The molecule has 19 heavy (non-hydrogen) atoms. The van der Waals surface area contributed by atoms with E-state index in [4.69, 9.17) is 4.84 Å². The Morgan fingerprint density at radius 2 is 1.79 bits per heavy atom. The Kier molecular flexibility index (Phi) is 4.54. The number of nitro groups is 2. The van der Waals surface area contributed by atoms with Gasteiger partial charge in [-0.15, -0.1) is 6.58 Å². The molecule has 0 saturated heterocycles. The van der Waals surface area contributed by atoms with Crippen LogP contribution in [-0.2, 0) is 4.84 Å². The van der Waals surface area contributed by atoms with Gasteiger partial charge in [0.2, 0.25) is 5.69 Å². The molecule has 0 aliphatic heterocycles. The standard InChI is InChI=1S/C11H13N3O5/c1-4-5-12(19-3)11-9(13(15)16)6-8(2)7-10(11)14(17)18/h4,6-7H,1,5H2,2-3H3. The summed E-state index contributed by atoms with van der Waals surface area (Å²) >= 11 is 0. The van der Waals surface area contributed by atoms with E-state index in [0.717, 1.165) is 5.06 Å². The lowest BCUT2D eigenvalue weighted by Gasteiger charge is -2.19. The maximum absolute atomic E-state index is 11.0. The van der Waals surface area contributed by atoms with Crippen molar-refractivity contribution in [2.75, 3.05) is 18.7 Å². The molecule has 0 aromatic heterocycles. The van der Waals surface area contributed by atoms with Gasteiger partial charge in [-0.2, -0.15) is 0 Å². The number of anilines is 1. The molecule has 0 fully saturated rings. The van der Waals surface area contributed by atoms with Crippen LogP contribution in [0, 0.1) is 27.2 Å². The summed E-state index contributed by atoms with van der Waals surface area (Å²) in [5, 5.41) is 23.2. The van der Waals surface area contributed by atoms with Gasteiger partial charge in [0.1, 0.15) is 0 Å². The Labute approximate surface area is 109 Å². The third kappa shape index (κ3) is 3.05.